The molecule has 0 spiro atoms. The molecule has 0 heterocycles. The van der Waals surface area contributed by atoms with E-state index in [0.717, 1.165) is 24.7 Å². The van der Waals surface area contributed by atoms with Crippen LogP contribution < -0.4 is 0 Å². The zero-order chi connectivity index (χ0) is 22.3. The van der Waals surface area contributed by atoms with Crippen molar-refractivity contribution in [3.8, 4) is 0 Å². The smallest absolute Gasteiger partial charge is 0.119 e. The third-order valence-corrected chi connectivity index (χ3v) is 6.53. The summed E-state index contributed by atoms with van der Waals surface area (Å²) in [5.41, 5.74) is 0. The first-order chi connectivity index (χ1) is 14.5. The van der Waals surface area contributed by atoms with E-state index in [9.17, 15) is 4.57 Å². The lowest BCUT2D eigenvalue weighted by molar-refractivity contribution is 0.218. The summed E-state index contributed by atoms with van der Waals surface area (Å²) >= 11 is 0. The number of rotatable bonds is 24. The minimum Gasteiger partial charge on any atom is -0.119 e. The molecular weight excluding hydrogens is 391 g/mol. The SMILES string of the molecule is CC(C)CCCCCCCCCCO[P+](=O)OCCCCCCCCCCC(C)C. The summed E-state index contributed by atoms with van der Waals surface area (Å²) in [7, 11) is -1.91. The number of unbranched alkanes of at least 4 members (excludes halogenated alkanes) is 14. The van der Waals surface area contributed by atoms with Gasteiger partial charge in [-0.05, 0) is 24.7 Å². The Bertz CT molecular complexity index is 326. The quantitative estimate of drug-likeness (QED) is 0.109. The van der Waals surface area contributed by atoms with E-state index in [4.69, 9.17) is 9.05 Å². The van der Waals surface area contributed by atoms with Crippen molar-refractivity contribution in [2.45, 2.75) is 143 Å². The summed E-state index contributed by atoms with van der Waals surface area (Å²) in [6.07, 6.45) is 23.3. The van der Waals surface area contributed by atoms with Gasteiger partial charge in [0, 0.05) is 4.57 Å². The van der Waals surface area contributed by atoms with Crippen molar-refractivity contribution in [1.29, 1.82) is 0 Å². The van der Waals surface area contributed by atoms with Gasteiger partial charge in [0.15, 0.2) is 0 Å². The second kappa shape index (κ2) is 23.7. The van der Waals surface area contributed by atoms with Crippen LogP contribution >= 0.6 is 8.25 Å². The highest BCUT2D eigenvalue weighted by Gasteiger charge is 2.18. The molecule has 0 aliphatic heterocycles. The Morgan fingerprint density at radius 1 is 0.467 bits per heavy atom. The van der Waals surface area contributed by atoms with Gasteiger partial charge in [0.25, 0.3) is 0 Å². The van der Waals surface area contributed by atoms with Gasteiger partial charge >= 0.3 is 8.25 Å². The molecule has 0 aromatic carbocycles. The van der Waals surface area contributed by atoms with Gasteiger partial charge in [-0.2, -0.15) is 0 Å². The van der Waals surface area contributed by atoms with Crippen molar-refractivity contribution in [3.63, 3.8) is 0 Å². The van der Waals surface area contributed by atoms with Crippen LogP contribution in [0.3, 0.4) is 0 Å². The number of hydrogen-bond donors (Lipinski definition) is 0. The standard InChI is InChI=1S/C26H54O3P/c1-25(2)21-17-13-9-5-7-11-15-19-23-28-30(27)29-24-20-16-12-8-6-10-14-18-22-26(3)4/h25-26H,5-24H2,1-4H3/q+1. The van der Waals surface area contributed by atoms with E-state index in [2.05, 4.69) is 27.7 Å². The first kappa shape index (κ1) is 30.0. The maximum absolute atomic E-state index is 11.7. The molecule has 0 atom stereocenters. The molecule has 4 heteroatoms. The van der Waals surface area contributed by atoms with E-state index in [0.29, 0.717) is 13.2 Å². The zero-order valence-electron chi connectivity index (χ0n) is 21.0. The Balaban J connectivity index is 3.17. The largest absolute Gasteiger partial charge is 0.697 e. The first-order valence-corrected chi connectivity index (χ1v) is 14.3. The average molecular weight is 446 g/mol. The summed E-state index contributed by atoms with van der Waals surface area (Å²) < 4.78 is 22.3. The fraction of sp³-hybridized carbons (Fsp3) is 1.00. The summed E-state index contributed by atoms with van der Waals surface area (Å²) in [5, 5.41) is 0. The highest BCUT2D eigenvalue weighted by Crippen LogP contribution is 2.25. The van der Waals surface area contributed by atoms with Crippen molar-refractivity contribution in [1.82, 2.24) is 0 Å². The predicted molar refractivity (Wildman–Crippen MR) is 132 cm³/mol. The van der Waals surface area contributed by atoms with Crippen LogP contribution in [0.25, 0.3) is 0 Å². The molecule has 30 heavy (non-hydrogen) atoms. The van der Waals surface area contributed by atoms with Crippen molar-refractivity contribution in [2.75, 3.05) is 13.2 Å². The molecule has 3 nitrogen and oxygen atoms in total. The fourth-order valence-electron chi connectivity index (χ4n) is 3.75. The van der Waals surface area contributed by atoms with Crippen LogP contribution in [0.4, 0.5) is 0 Å². The van der Waals surface area contributed by atoms with Gasteiger partial charge in [0.05, 0.1) is 0 Å². The lowest BCUT2D eigenvalue weighted by atomic mass is 10.0. The van der Waals surface area contributed by atoms with Crippen LogP contribution in [-0.2, 0) is 13.6 Å². The van der Waals surface area contributed by atoms with E-state index in [1.54, 1.807) is 0 Å². The molecule has 0 radical (unpaired) electrons. The lowest BCUT2D eigenvalue weighted by Crippen LogP contribution is -1.92. The number of hydrogen-bond acceptors (Lipinski definition) is 3. The fourth-order valence-corrected chi connectivity index (χ4v) is 4.38. The summed E-state index contributed by atoms with van der Waals surface area (Å²) in [6.45, 7) is 10.4. The van der Waals surface area contributed by atoms with Gasteiger partial charge in [0.1, 0.15) is 13.2 Å². The van der Waals surface area contributed by atoms with Crippen LogP contribution in [0.15, 0.2) is 0 Å². The summed E-state index contributed by atoms with van der Waals surface area (Å²) in [4.78, 5) is 0. The van der Waals surface area contributed by atoms with Gasteiger partial charge in [-0.3, -0.25) is 0 Å². The van der Waals surface area contributed by atoms with Crippen molar-refractivity contribution in [3.05, 3.63) is 0 Å². The molecule has 0 N–H and O–H groups in total. The molecule has 0 bridgehead atoms. The molecule has 0 unspecified atom stereocenters. The summed E-state index contributed by atoms with van der Waals surface area (Å²) in [5.74, 6) is 1.69. The second-order valence-corrected chi connectivity index (χ2v) is 10.9. The third kappa shape index (κ3) is 26.1. The van der Waals surface area contributed by atoms with Gasteiger partial charge in [-0.1, -0.05) is 130 Å². The molecule has 0 saturated carbocycles. The van der Waals surface area contributed by atoms with Gasteiger partial charge in [-0.15, -0.1) is 9.05 Å². The molecule has 0 aromatic rings. The van der Waals surface area contributed by atoms with Crippen molar-refractivity contribution in [2.24, 2.45) is 11.8 Å². The molecule has 0 aliphatic rings. The second-order valence-electron chi connectivity index (χ2n) is 9.91. The van der Waals surface area contributed by atoms with E-state index in [1.807, 2.05) is 0 Å². The molecule has 0 saturated heterocycles. The van der Waals surface area contributed by atoms with E-state index in [-0.39, 0.29) is 0 Å². The molecule has 180 valence electrons. The topological polar surface area (TPSA) is 35.5 Å². The Hall–Kier alpha value is 0.0200. The maximum atomic E-state index is 11.7. The van der Waals surface area contributed by atoms with Crippen LogP contribution in [0.1, 0.15) is 143 Å². The molecule has 0 aromatic heterocycles. The highest BCUT2D eigenvalue weighted by molar-refractivity contribution is 7.33. The van der Waals surface area contributed by atoms with Gasteiger partial charge in [0.2, 0.25) is 0 Å². The van der Waals surface area contributed by atoms with E-state index >= 15 is 0 Å². The Labute approximate surface area is 190 Å². The monoisotopic (exact) mass is 445 g/mol. The molecule has 0 amide bonds. The van der Waals surface area contributed by atoms with Crippen LogP contribution in [0, 0.1) is 11.8 Å². The van der Waals surface area contributed by atoms with E-state index < -0.39 is 8.25 Å². The zero-order valence-corrected chi connectivity index (χ0v) is 21.9. The van der Waals surface area contributed by atoms with Crippen LogP contribution in [-0.4, -0.2) is 13.2 Å². The molecular formula is C26H54O3P+. The Morgan fingerprint density at radius 2 is 0.733 bits per heavy atom. The van der Waals surface area contributed by atoms with Crippen molar-refractivity contribution >= 4 is 8.25 Å². The minimum atomic E-state index is -1.91. The lowest BCUT2D eigenvalue weighted by Gasteiger charge is -2.04. The normalized spacial score (nSPS) is 11.7. The Morgan fingerprint density at radius 3 is 1.03 bits per heavy atom. The Kier molecular flexibility index (Phi) is 23.7. The third-order valence-electron chi connectivity index (χ3n) is 5.75. The van der Waals surface area contributed by atoms with Crippen LogP contribution in [0.2, 0.25) is 0 Å². The van der Waals surface area contributed by atoms with Gasteiger partial charge in [-0.25, -0.2) is 0 Å². The van der Waals surface area contributed by atoms with Gasteiger partial charge < -0.3 is 0 Å². The molecule has 0 rings (SSSR count). The van der Waals surface area contributed by atoms with Crippen molar-refractivity contribution < 1.29 is 13.6 Å². The maximum Gasteiger partial charge on any atom is 0.697 e. The highest BCUT2D eigenvalue weighted by atomic mass is 31.1. The molecule has 0 aliphatic carbocycles. The predicted octanol–water partition coefficient (Wildman–Crippen LogP) is 10.0. The first-order valence-electron chi connectivity index (χ1n) is 13.3. The minimum absolute atomic E-state index is 0.570. The molecule has 0 fully saturated rings. The average Bonchev–Trinajstić information content (AvgIpc) is 2.69. The summed E-state index contributed by atoms with van der Waals surface area (Å²) in [6, 6.07) is 0. The van der Waals surface area contributed by atoms with E-state index in [1.165, 1.54) is 103 Å². The van der Waals surface area contributed by atoms with Crippen LogP contribution in [0.5, 0.6) is 0 Å².